The molecule has 1 N–H and O–H groups in total. The van der Waals surface area contributed by atoms with E-state index in [0.29, 0.717) is 12.0 Å². The fourth-order valence-corrected chi connectivity index (χ4v) is 3.46. The fourth-order valence-electron chi connectivity index (χ4n) is 2.60. The van der Waals surface area contributed by atoms with Gasteiger partial charge >= 0.3 is 0 Å². The molecule has 5 nitrogen and oxygen atoms in total. The second kappa shape index (κ2) is 6.98. The molecule has 21 heavy (non-hydrogen) atoms. The second-order valence-electron chi connectivity index (χ2n) is 5.32. The molecule has 2 aromatic rings. The third-order valence-electron chi connectivity index (χ3n) is 3.87. The molecule has 0 aromatic carbocycles. The summed E-state index contributed by atoms with van der Waals surface area (Å²) in [5.74, 6) is 0.702. The molecule has 0 amide bonds. The average molecular weight is 303 g/mol. The molecule has 112 valence electrons. The molecule has 0 saturated carbocycles. The number of hydrogen-bond acceptors (Lipinski definition) is 6. The Balaban J connectivity index is 1.68. The van der Waals surface area contributed by atoms with Crippen LogP contribution in [0.4, 0.5) is 5.95 Å². The molecule has 3 rings (SSSR count). The Labute approximate surface area is 129 Å². The molecule has 3 heterocycles. The van der Waals surface area contributed by atoms with Crippen molar-refractivity contribution in [2.45, 2.75) is 6.04 Å². The maximum Gasteiger partial charge on any atom is 0.222 e. The van der Waals surface area contributed by atoms with Gasteiger partial charge in [-0.15, -0.1) is 11.3 Å². The van der Waals surface area contributed by atoms with Gasteiger partial charge in [0, 0.05) is 50.0 Å². The number of nitrogens with zero attached hydrogens (tertiary/aromatic N) is 4. The van der Waals surface area contributed by atoms with E-state index in [1.54, 1.807) is 12.4 Å². The normalized spacial score (nSPS) is 18.5. The summed E-state index contributed by atoms with van der Waals surface area (Å²) in [4.78, 5) is 14.8. The molecular weight excluding hydrogens is 282 g/mol. The van der Waals surface area contributed by atoms with Crippen molar-refractivity contribution in [2.75, 3.05) is 45.1 Å². The van der Waals surface area contributed by atoms with Crippen molar-refractivity contribution in [3.05, 3.63) is 40.8 Å². The molecule has 0 spiro atoms. The van der Waals surface area contributed by atoms with Gasteiger partial charge in [-0.25, -0.2) is 9.97 Å². The van der Waals surface area contributed by atoms with Crippen LogP contribution in [0.25, 0.3) is 0 Å². The average Bonchev–Trinajstić information content (AvgIpc) is 3.04. The minimum absolute atomic E-state index is 0.391. The van der Waals surface area contributed by atoms with Gasteiger partial charge in [-0.2, -0.15) is 0 Å². The molecule has 0 unspecified atom stereocenters. The van der Waals surface area contributed by atoms with E-state index in [-0.39, 0.29) is 0 Å². The van der Waals surface area contributed by atoms with Crippen molar-refractivity contribution < 1.29 is 0 Å². The number of thiophene rings is 1. The lowest BCUT2D eigenvalue weighted by Crippen LogP contribution is -2.47. The van der Waals surface area contributed by atoms with E-state index in [1.165, 1.54) is 4.88 Å². The number of aromatic nitrogens is 2. The first-order chi connectivity index (χ1) is 10.3. The fraction of sp³-hybridized carbons (Fsp3) is 0.467. The van der Waals surface area contributed by atoms with Gasteiger partial charge in [-0.3, -0.25) is 4.90 Å². The first-order valence-electron chi connectivity index (χ1n) is 7.30. The van der Waals surface area contributed by atoms with E-state index in [2.05, 4.69) is 49.6 Å². The maximum atomic E-state index is 4.24. The molecule has 1 fully saturated rings. The smallest absolute Gasteiger partial charge is 0.222 e. The molecule has 6 heteroatoms. The van der Waals surface area contributed by atoms with Gasteiger partial charge in [-0.05, 0) is 24.6 Å². The summed E-state index contributed by atoms with van der Waals surface area (Å²) in [5.41, 5.74) is 0. The molecule has 2 aromatic heterocycles. The predicted octanol–water partition coefficient (Wildman–Crippen LogP) is 1.94. The van der Waals surface area contributed by atoms with Crippen LogP contribution in [-0.4, -0.2) is 59.5 Å². The van der Waals surface area contributed by atoms with Crippen LogP contribution in [0.1, 0.15) is 10.9 Å². The first-order valence-corrected chi connectivity index (χ1v) is 8.18. The lowest BCUT2D eigenvalue weighted by Gasteiger charge is -2.37. The zero-order valence-electron chi connectivity index (χ0n) is 12.3. The Bertz CT molecular complexity index is 522. The minimum Gasteiger partial charge on any atom is -0.352 e. The summed E-state index contributed by atoms with van der Waals surface area (Å²) >= 11 is 1.82. The number of hydrogen-bond donors (Lipinski definition) is 1. The molecule has 1 saturated heterocycles. The quantitative estimate of drug-likeness (QED) is 0.914. The lowest BCUT2D eigenvalue weighted by molar-refractivity contribution is 0.118. The van der Waals surface area contributed by atoms with Gasteiger partial charge in [0.25, 0.3) is 0 Å². The maximum absolute atomic E-state index is 4.24. The van der Waals surface area contributed by atoms with Crippen LogP contribution >= 0.6 is 11.3 Å². The Morgan fingerprint density at radius 2 is 1.95 bits per heavy atom. The Morgan fingerprint density at radius 3 is 2.62 bits per heavy atom. The Morgan fingerprint density at radius 1 is 1.19 bits per heavy atom. The Hall–Kier alpha value is -1.50. The SMILES string of the molecule is CN1CCN([C@H](CNc2ncccn2)c2cccs2)CC1. The van der Waals surface area contributed by atoms with Crippen molar-refractivity contribution in [2.24, 2.45) is 0 Å². The molecule has 1 aliphatic rings. The molecular formula is C15H21N5S. The van der Waals surface area contributed by atoms with Crippen molar-refractivity contribution in [1.82, 2.24) is 19.8 Å². The zero-order chi connectivity index (χ0) is 14.5. The summed E-state index contributed by atoms with van der Waals surface area (Å²) in [7, 11) is 2.19. The largest absolute Gasteiger partial charge is 0.352 e. The molecule has 0 bridgehead atoms. The third-order valence-corrected chi connectivity index (χ3v) is 4.84. The summed E-state index contributed by atoms with van der Waals surface area (Å²) < 4.78 is 0. The lowest BCUT2D eigenvalue weighted by atomic mass is 10.1. The highest BCUT2D eigenvalue weighted by Gasteiger charge is 2.24. The molecule has 1 aliphatic heterocycles. The first kappa shape index (κ1) is 14.4. The van der Waals surface area contributed by atoms with E-state index in [1.807, 2.05) is 17.4 Å². The van der Waals surface area contributed by atoms with Gasteiger partial charge in [0.05, 0.1) is 6.04 Å². The van der Waals surface area contributed by atoms with Crippen LogP contribution in [0.2, 0.25) is 0 Å². The highest BCUT2D eigenvalue weighted by molar-refractivity contribution is 7.10. The van der Waals surface area contributed by atoms with Crippen LogP contribution in [0.5, 0.6) is 0 Å². The van der Waals surface area contributed by atoms with E-state index in [4.69, 9.17) is 0 Å². The van der Waals surface area contributed by atoms with Gasteiger partial charge in [0.2, 0.25) is 5.95 Å². The van der Waals surface area contributed by atoms with Gasteiger partial charge in [-0.1, -0.05) is 6.07 Å². The van der Waals surface area contributed by atoms with Crippen LogP contribution in [-0.2, 0) is 0 Å². The van der Waals surface area contributed by atoms with Crippen molar-refractivity contribution >= 4 is 17.3 Å². The van der Waals surface area contributed by atoms with E-state index >= 15 is 0 Å². The monoisotopic (exact) mass is 303 g/mol. The number of piperazine rings is 1. The standard InChI is InChI=1S/C15H21N5S/c1-19-7-9-20(10-8-19)13(14-4-2-11-21-14)12-18-15-16-5-3-6-17-15/h2-6,11,13H,7-10,12H2,1H3,(H,16,17,18)/t13-/m1/s1. The van der Waals surface area contributed by atoms with Crippen LogP contribution < -0.4 is 5.32 Å². The number of likely N-dealkylation sites (N-methyl/N-ethyl adjacent to an activating group) is 1. The van der Waals surface area contributed by atoms with Crippen molar-refractivity contribution in [3.8, 4) is 0 Å². The predicted molar refractivity (Wildman–Crippen MR) is 86.7 cm³/mol. The van der Waals surface area contributed by atoms with Gasteiger partial charge < -0.3 is 10.2 Å². The Kier molecular flexibility index (Phi) is 4.80. The molecule has 0 radical (unpaired) electrons. The summed E-state index contributed by atoms with van der Waals surface area (Å²) in [5, 5.41) is 5.52. The van der Waals surface area contributed by atoms with Crippen molar-refractivity contribution in [1.29, 1.82) is 0 Å². The number of nitrogens with one attached hydrogen (secondary N) is 1. The highest BCUT2D eigenvalue weighted by Crippen LogP contribution is 2.26. The van der Waals surface area contributed by atoms with Crippen LogP contribution in [0.15, 0.2) is 36.0 Å². The van der Waals surface area contributed by atoms with Crippen LogP contribution in [0.3, 0.4) is 0 Å². The summed E-state index contributed by atoms with van der Waals surface area (Å²) in [6.45, 7) is 5.31. The molecule has 1 atom stereocenters. The van der Waals surface area contributed by atoms with Crippen molar-refractivity contribution in [3.63, 3.8) is 0 Å². The number of rotatable bonds is 5. The summed E-state index contributed by atoms with van der Waals surface area (Å²) in [6.07, 6.45) is 3.54. The second-order valence-corrected chi connectivity index (χ2v) is 6.30. The third kappa shape index (κ3) is 3.78. The minimum atomic E-state index is 0.391. The van der Waals surface area contributed by atoms with E-state index in [9.17, 15) is 0 Å². The summed E-state index contributed by atoms with van der Waals surface area (Å²) in [6, 6.07) is 6.58. The van der Waals surface area contributed by atoms with E-state index in [0.717, 1.165) is 32.7 Å². The van der Waals surface area contributed by atoms with E-state index < -0.39 is 0 Å². The topological polar surface area (TPSA) is 44.3 Å². The zero-order valence-corrected chi connectivity index (χ0v) is 13.1. The van der Waals surface area contributed by atoms with Crippen LogP contribution in [0, 0.1) is 0 Å². The molecule has 0 aliphatic carbocycles. The highest BCUT2D eigenvalue weighted by atomic mass is 32.1. The van der Waals surface area contributed by atoms with Gasteiger partial charge in [0.15, 0.2) is 0 Å². The number of anilines is 1. The van der Waals surface area contributed by atoms with Gasteiger partial charge in [0.1, 0.15) is 0 Å².